The van der Waals surface area contributed by atoms with Gasteiger partial charge in [-0.2, -0.15) is 0 Å². The first kappa shape index (κ1) is 21.3. The van der Waals surface area contributed by atoms with Crippen molar-refractivity contribution >= 4 is 5.97 Å². The van der Waals surface area contributed by atoms with Crippen LogP contribution < -0.4 is 14.2 Å². The summed E-state index contributed by atoms with van der Waals surface area (Å²) < 4.78 is 16.9. The summed E-state index contributed by atoms with van der Waals surface area (Å²) >= 11 is 0. The second-order valence-corrected chi connectivity index (χ2v) is 8.54. The van der Waals surface area contributed by atoms with Gasteiger partial charge in [0.2, 0.25) is 6.79 Å². The monoisotopic (exact) mass is 445 g/mol. The summed E-state index contributed by atoms with van der Waals surface area (Å²) in [5.41, 5.74) is 5.20. The standard InChI is InChI=1S/C27H27NO5/c1-2-21(27(29)30)23-9-6-17-14-20(8-10-22(17)23)31-13-12-19-4-3-5-24(28-19)18-7-11-25-26(15-18)33-16-32-25/h3-5,7-8,10-11,14-15,21,23H,2,6,9,12-13,16H2,1H3,(H,29,30)/t21-,23-/m0/s1. The highest BCUT2D eigenvalue weighted by atomic mass is 16.7. The van der Waals surface area contributed by atoms with Crippen molar-refractivity contribution < 1.29 is 24.1 Å². The molecule has 0 amide bonds. The number of hydrogen-bond donors (Lipinski definition) is 1. The third-order valence-electron chi connectivity index (χ3n) is 6.58. The lowest BCUT2D eigenvalue weighted by Gasteiger charge is -2.19. The summed E-state index contributed by atoms with van der Waals surface area (Å²) in [5, 5.41) is 9.53. The number of carboxylic acid groups (broad SMARTS) is 1. The predicted octanol–water partition coefficient (Wildman–Crippen LogP) is 5.24. The van der Waals surface area contributed by atoms with Crippen molar-refractivity contribution in [2.24, 2.45) is 5.92 Å². The van der Waals surface area contributed by atoms with Crippen LogP contribution in [-0.4, -0.2) is 29.5 Å². The van der Waals surface area contributed by atoms with Gasteiger partial charge in [-0.1, -0.05) is 19.1 Å². The molecule has 2 aliphatic rings. The molecule has 2 heterocycles. The minimum Gasteiger partial charge on any atom is -0.493 e. The van der Waals surface area contributed by atoms with E-state index in [4.69, 9.17) is 19.2 Å². The maximum atomic E-state index is 11.6. The Morgan fingerprint density at radius 2 is 2.03 bits per heavy atom. The first-order valence-electron chi connectivity index (χ1n) is 11.5. The molecular formula is C27H27NO5. The number of nitrogens with zero attached hydrogens (tertiary/aromatic N) is 1. The van der Waals surface area contributed by atoms with Gasteiger partial charge in [0.25, 0.3) is 0 Å². The molecule has 6 heteroatoms. The lowest BCUT2D eigenvalue weighted by atomic mass is 9.85. The fourth-order valence-electron chi connectivity index (χ4n) is 4.87. The number of benzene rings is 2. The van der Waals surface area contributed by atoms with Crippen LogP contribution in [0.25, 0.3) is 11.3 Å². The molecule has 1 N–H and O–H groups in total. The van der Waals surface area contributed by atoms with Gasteiger partial charge in [0, 0.05) is 17.7 Å². The lowest BCUT2D eigenvalue weighted by molar-refractivity contribution is -0.142. The predicted molar refractivity (Wildman–Crippen MR) is 124 cm³/mol. The van der Waals surface area contributed by atoms with E-state index in [9.17, 15) is 9.90 Å². The molecule has 0 bridgehead atoms. The average molecular weight is 446 g/mol. The molecular weight excluding hydrogens is 418 g/mol. The van der Waals surface area contributed by atoms with E-state index in [1.165, 1.54) is 5.56 Å². The van der Waals surface area contributed by atoms with Crippen molar-refractivity contribution in [2.45, 2.75) is 38.5 Å². The number of fused-ring (bicyclic) bond motifs is 2. The van der Waals surface area contributed by atoms with E-state index in [2.05, 4.69) is 6.07 Å². The quantitative estimate of drug-likeness (QED) is 0.511. The van der Waals surface area contributed by atoms with Gasteiger partial charge in [0.05, 0.1) is 18.2 Å². The molecule has 3 aromatic rings. The SMILES string of the molecule is CC[C@H](C(=O)O)[C@@H]1CCc2cc(OCCc3cccc(-c4ccc5c(c4)OCO5)n3)ccc21. The second-order valence-electron chi connectivity index (χ2n) is 8.54. The summed E-state index contributed by atoms with van der Waals surface area (Å²) in [6.45, 7) is 2.72. The average Bonchev–Trinajstić information content (AvgIpc) is 3.46. The molecule has 5 rings (SSSR count). The highest BCUT2D eigenvalue weighted by Gasteiger charge is 2.33. The van der Waals surface area contributed by atoms with Crippen LogP contribution in [-0.2, 0) is 17.6 Å². The zero-order valence-corrected chi connectivity index (χ0v) is 18.6. The summed E-state index contributed by atoms with van der Waals surface area (Å²) in [5.74, 6) is 1.41. The molecule has 1 aliphatic carbocycles. The van der Waals surface area contributed by atoms with Gasteiger partial charge in [-0.3, -0.25) is 9.78 Å². The molecule has 2 aromatic carbocycles. The van der Waals surface area contributed by atoms with Crippen LogP contribution in [0.2, 0.25) is 0 Å². The third kappa shape index (κ3) is 4.38. The van der Waals surface area contributed by atoms with E-state index in [0.29, 0.717) is 19.4 Å². The van der Waals surface area contributed by atoms with Gasteiger partial charge in [0.15, 0.2) is 11.5 Å². The highest BCUT2D eigenvalue weighted by molar-refractivity contribution is 5.72. The molecule has 6 nitrogen and oxygen atoms in total. The van der Waals surface area contributed by atoms with Crippen LogP contribution in [0.4, 0.5) is 0 Å². The molecule has 0 unspecified atom stereocenters. The Kier molecular flexibility index (Phi) is 5.90. The van der Waals surface area contributed by atoms with E-state index in [-0.39, 0.29) is 18.6 Å². The molecule has 170 valence electrons. The molecule has 33 heavy (non-hydrogen) atoms. The number of rotatable bonds is 8. The summed E-state index contributed by atoms with van der Waals surface area (Å²) in [4.78, 5) is 16.4. The molecule has 0 saturated heterocycles. The van der Waals surface area contributed by atoms with Crippen molar-refractivity contribution in [3.8, 4) is 28.5 Å². The van der Waals surface area contributed by atoms with E-state index in [1.54, 1.807) is 0 Å². The Labute approximate surface area is 193 Å². The van der Waals surface area contributed by atoms with Crippen LogP contribution in [0.5, 0.6) is 17.2 Å². The number of pyridine rings is 1. The van der Waals surface area contributed by atoms with E-state index < -0.39 is 5.97 Å². The third-order valence-corrected chi connectivity index (χ3v) is 6.58. The normalized spacial score (nSPS) is 16.9. The zero-order chi connectivity index (χ0) is 22.8. The smallest absolute Gasteiger partial charge is 0.307 e. The van der Waals surface area contributed by atoms with Gasteiger partial charge in [-0.25, -0.2) is 0 Å². The maximum Gasteiger partial charge on any atom is 0.307 e. The molecule has 0 radical (unpaired) electrons. The molecule has 1 aliphatic heterocycles. The number of aliphatic carboxylic acids is 1. The van der Waals surface area contributed by atoms with Gasteiger partial charge in [0.1, 0.15) is 5.75 Å². The van der Waals surface area contributed by atoms with Crippen LogP contribution in [0.3, 0.4) is 0 Å². The Hall–Kier alpha value is -3.54. The first-order chi connectivity index (χ1) is 16.1. The Morgan fingerprint density at radius 3 is 2.88 bits per heavy atom. The number of aryl methyl sites for hydroxylation is 1. The van der Waals surface area contributed by atoms with Crippen LogP contribution in [0, 0.1) is 5.92 Å². The lowest BCUT2D eigenvalue weighted by Crippen LogP contribution is -2.19. The van der Waals surface area contributed by atoms with E-state index in [0.717, 1.165) is 52.6 Å². The first-order valence-corrected chi connectivity index (χ1v) is 11.5. The molecule has 1 aromatic heterocycles. The molecule has 0 spiro atoms. The largest absolute Gasteiger partial charge is 0.493 e. The van der Waals surface area contributed by atoms with Crippen LogP contribution >= 0.6 is 0 Å². The number of hydrogen-bond acceptors (Lipinski definition) is 5. The van der Waals surface area contributed by atoms with Crippen molar-refractivity contribution in [1.29, 1.82) is 0 Å². The van der Waals surface area contributed by atoms with Crippen LogP contribution in [0.15, 0.2) is 54.6 Å². The molecule has 0 saturated carbocycles. The van der Waals surface area contributed by atoms with Gasteiger partial charge in [-0.15, -0.1) is 0 Å². The maximum absolute atomic E-state index is 11.6. The van der Waals surface area contributed by atoms with Crippen molar-refractivity contribution in [3.63, 3.8) is 0 Å². The summed E-state index contributed by atoms with van der Waals surface area (Å²) in [6, 6.07) is 17.9. The number of aromatic nitrogens is 1. The Morgan fingerprint density at radius 1 is 1.15 bits per heavy atom. The Balaban J connectivity index is 1.22. The van der Waals surface area contributed by atoms with E-state index >= 15 is 0 Å². The van der Waals surface area contributed by atoms with Gasteiger partial charge >= 0.3 is 5.97 Å². The topological polar surface area (TPSA) is 77.9 Å². The minimum atomic E-state index is -0.703. The minimum absolute atomic E-state index is 0.0969. The van der Waals surface area contributed by atoms with Crippen molar-refractivity contribution in [3.05, 3.63) is 71.4 Å². The van der Waals surface area contributed by atoms with Crippen molar-refractivity contribution in [2.75, 3.05) is 13.4 Å². The number of carbonyl (C=O) groups is 1. The second kappa shape index (κ2) is 9.14. The van der Waals surface area contributed by atoms with Gasteiger partial charge in [-0.05, 0) is 78.8 Å². The number of ether oxygens (including phenoxy) is 3. The van der Waals surface area contributed by atoms with Crippen molar-refractivity contribution in [1.82, 2.24) is 4.98 Å². The fourth-order valence-corrected chi connectivity index (χ4v) is 4.87. The number of carboxylic acids is 1. The van der Waals surface area contributed by atoms with Gasteiger partial charge < -0.3 is 19.3 Å². The Bertz CT molecular complexity index is 1170. The zero-order valence-electron chi connectivity index (χ0n) is 18.6. The molecule has 0 fully saturated rings. The highest BCUT2D eigenvalue weighted by Crippen LogP contribution is 2.41. The summed E-state index contributed by atoms with van der Waals surface area (Å²) in [7, 11) is 0. The van der Waals surface area contributed by atoms with E-state index in [1.807, 2.05) is 55.5 Å². The fraction of sp³-hybridized carbons (Fsp3) is 0.333. The van der Waals surface area contributed by atoms with Crippen LogP contribution in [0.1, 0.15) is 42.5 Å². The summed E-state index contributed by atoms with van der Waals surface area (Å²) in [6.07, 6.45) is 3.13. The molecule has 2 atom stereocenters.